The maximum atomic E-state index is 11.1. The minimum absolute atomic E-state index is 0.0158. The second-order valence-corrected chi connectivity index (χ2v) is 4.64. The van der Waals surface area contributed by atoms with E-state index < -0.39 is 5.97 Å². The van der Waals surface area contributed by atoms with Crippen molar-refractivity contribution in [1.82, 2.24) is 4.98 Å². The lowest BCUT2D eigenvalue weighted by Crippen LogP contribution is -2.06. The molecule has 104 valence electrons. The molecule has 0 unspecified atom stereocenters. The molecule has 20 heavy (non-hydrogen) atoms. The monoisotopic (exact) mass is 272 g/mol. The Morgan fingerprint density at radius 2 is 1.85 bits per heavy atom. The summed E-state index contributed by atoms with van der Waals surface area (Å²) in [6, 6.07) is 5.29. The normalized spacial score (nSPS) is 10.3. The van der Waals surface area contributed by atoms with Crippen LogP contribution in [-0.4, -0.2) is 16.1 Å². The molecule has 1 aromatic heterocycles. The Labute approximate surface area is 117 Å². The highest BCUT2D eigenvalue weighted by Crippen LogP contribution is 2.33. The van der Waals surface area contributed by atoms with Crippen LogP contribution in [0, 0.1) is 20.8 Å². The number of anilines is 1. The van der Waals surface area contributed by atoms with Gasteiger partial charge in [0, 0.05) is 6.20 Å². The van der Waals surface area contributed by atoms with E-state index in [0.717, 1.165) is 16.7 Å². The molecule has 0 radical (unpaired) electrons. The van der Waals surface area contributed by atoms with Gasteiger partial charge in [-0.1, -0.05) is 12.1 Å². The van der Waals surface area contributed by atoms with Crippen LogP contribution >= 0.6 is 0 Å². The zero-order chi connectivity index (χ0) is 14.9. The zero-order valence-corrected chi connectivity index (χ0v) is 11.6. The Morgan fingerprint density at radius 3 is 2.50 bits per heavy atom. The molecular formula is C15H16N2O3. The summed E-state index contributed by atoms with van der Waals surface area (Å²) in [6.45, 7) is 5.83. The number of aromatic carboxylic acids is 1. The first-order valence-corrected chi connectivity index (χ1v) is 6.14. The third-order valence-electron chi connectivity index (χ3n) is 3.26. The molecule has 3 N–H and O–H groups in total. The van der Waals surface area contributed by atoms with Gasteiger partial charge >= 0.3 is 5.97 Å². The van der Waals surface area contributed by atoms with Crippen molar-refractivity contribution in [3.63, 3.8) is 0 Å². The van der Waals surface area contributed by atoms with E-state index >= 15 is 0 Å². The van der Waals surface area contributed by atoms with Gasteiger partial charge in [-0.15, -0.1) is 0 Å². The minimum Gasteiger partial charge on any atom is -0.478 e. The third-order valence-corrected chi connectivity index (χ3v) is 3.26. The number of rotatable bonds is 3. The van der Waals surface area contributed by atoms with Crippen LogP contribution in [0.2, 0.25) is 0 Å². The van der Waals surface area contributed by atoms with E-state index in [1.165, 1.54) is 12.3 Å². The van der Waals surface area contributed by atoms with Crippen LogP contribution in [0.25, 0.3) is 0 Å². The highest BCUT2D eigenvalue weighted by Gasteiger charge is 2.16. The number of carbonyl (C=O) groups is 1. The van der Waals surface area contributed by atoms with Crippen LogP contribution in [0.4, 0.5) is 5.69 Å². The van der Waals surface area contributed by atoms with Gasteiger partial charge < -0.3 is 15.6 Å². The van der Waals surface area contributed by atoms with Crippen LogP contribution in [0.1, 0.15) is 27.0 Å². The number of hydrogen-bond acceptors (Lipinski definition) is 4. The quantitative estimate of drug-likeness (QED) is 0.896. The second kappa shape index (κ2) is 5.21. The maximum absolute atomic E-state index is 11.1. The van der Waals surface area contributed by atoms with Gasteiger partial charge in [-0.05, 0) is 43.5 Å². The molecule has 0 aliphatic heterocycles. The maximum Gasteiger partial charge on any atom is 0.338 e. The smallest absolute Gasteiger partial charge is 0.338 e. The van der Waals surface area contributed by atoms with Gasteiger partial charge in [0.05, 0.1) is 5.56 Å². The summed E-state index contributed by atoms with van der Waals surface area (Å²) in [7, 11) is 0. The van der Waals surface area contributed by atoms with Gasteiger partial charge in [0.2, 0.25) is 5.88 Å². The number of hydrogen-bond donors (Lipinski definition) is 2. The van der Waals surface area contributed by atoms with E-state index in [0.29, 0.717) is 5.75 Å². The Balaban J connectivity index is 2.49. The van der Waals surface area contributed by atoms with E-state index in [9.17, 15) is 4.79 Å². The van der Waals surface area contributed by atoms with E-state index in [1.807, 2.05) is 32.9 Å². The summed E-state index contributed by atoms with van der Waals surface area (Å²) in [6.07, 6.45) is 1.37. The van der Waals surface area contributed by atoms with E-state index in [-0.39, 0.29) is 17.1 Å². The Morgan fingerprint density at radius 1 is 1.20 bits per heavy atom. The highest BCUT2D eigenvalue weighted by atomic mass is 16.5. The molecule has 2 aromatic rings. The van der Waals surface area contributed by atoms with Crippen molar-refractivity contribution in [2.24, 2.45) is 0 Å². The van der Waals surface area contributed by atoms with Gasteiger partial charge in [-0.2, -0.15) is 0 Å². The van der Waals surface area contributed by atoms with Gasteiger partial charge in [-0.25, -0.2) is 9.78 Å². The molecule has 0 amide bonds. The molecule has 5 nitrogen and oxygen atoms in total. The molecule has 1 heterocycles. The van der Waals surface area contributed by atoms with Crippen molar-refractivity contribution in [3.8, 4) is 11.6 Å². The number of nitrogens with two attached hydrogens (primary N) is 1. The van der Waals surface area contributed by atoms with Crippen LogP contribution < -0.4 is 10.5 Å². The lowest BCUT2D eigenvalue weighted by molar-refractivity contribution is 0.0697. The molecular weight excluding hydrogens is 256 g/mol. The molecule has 0 atom stereocenters. The molecule has 5 heteroatoms. The van der Waals surface area contributed by atoms with E-state index in [4.69, 9.17) is 15.6 Å². The Bertz CT molecular complexity index is 681. The van der Waals surface area contributed by atoms with Crippen molar-refractivity contribution in [1.29, 1.82) is 0 Å². The molecule has 0 aliphatic carbocycles. The van der Waals surface area contributed by atoms with Gasteiger partial charge in [0.1, 0.15) is 11.4 Å². The topological polar surface area (TPSA) is 85.4 Å². The number of aromatic nitrogens is 1. The highest BCUT2D eigenvalue weighted by molar-refractivity contribution is 5.94. The number of benzene rings is 1. The zero-order valence-electron chi connectivity index (χ0n) is 11.6. The molecule has 0 aliphatic rings. The molecule has 0 fully saturated rings. The van der Waals surface area contributed by atoms with E-state index in [1.54, 1.807) is 0 Å². The van der Waals surface area contributed by atoms with Crippen molar-refractivity contribution in [2.75, 3.05) is 5.73 Å². The first-order valence-electron chi connectivity index (χ1n) is 6.14. The summed E-state index contributed by atoms with van der Waals surface area (Å²) in [5, 5.41) is 9.05. The average Bonchev–Trinajstić information content (AvgIpc) is 2.40. The van der Waals surface area contributed by atoms with Crippen LogP contribution in [0.15, 0.2) is 24.4 Å². The molecule has 0 saturated carbocycles. The summed E-state index contributed by atoms with van der Waals surface area (Å²) in [5.74, 6) is -0.333. The van der Waals surface area contributed by atoms with Crippen molar-refractivity contribution in [3.05, 3.63) is 46.6 Å². The van der Waals surface area contributed by atoms with Gasteiger partial charge in [-0.3, -0.25) is 0 Å². The largest absolute Gasteiger partial charge is 0.478 e. The molecule has 0 spiro atoms. The summed E-state index contributed by atoms with van der Waals surface area (Å²) in [4.78, 5) is 15.1. The average molecular weight is 272 g/mol. The van der Waals surface area contributed by atoms with Gasteiger partial charge in [0.25, 0.3) is 0 Å². The lowest BCUT2D eigenvalue weighted by atomic mass is 10.1. The molecule has 2 rings (SSSR count). The number of carboxylic acids is 1. The van der Waals surface area contributed by atoms with Crippen LogP contribution in [0.3, 0.4) is 0 Å². The first kappa shape index (κ1) is 13.9. The predicted octanol–water partition coefficient (Wildman–Crippen LogP) is 3.08. The van der Waals surface area contributed by atoms with Crippen LogP contribution in [0.5, 0.6) is 11.6 Å². The number of pyridine rings is 1. The molecule has 0 saturated heterocycles. The second-order valence-electron chi connectivity index (χ2n) is 4.64. The number of nitrogens with zero attached hydrogens (tertiary/aromatic N) is 1. The SMILES string of the molecule is Cc1ccc(C)c(Oc2nccc(C(=O)O)c2N)c1C. The fourth-order valence-electron chi connectivity index (χ4n) is 1.90. The summed E-state index contributed by atoms with van der Waals surface area (Å²) >= 11 is 0. The summed E-state index contributed by atoms with van der Waals surface area (Å²) in [5.41, 5.74) is 8.81. The third kappa shape index (κ3) is 2.42. The van der Waals surface area contributed by atoms with Crippen molar-refractivity contribution < 1.29 is 14.6 Å². The van der Waals surface area contributed by atoms with Crippen LogP contribution in [-0.2, 0) is 0 Å². The fraction of sp³-hybridized carbons (Fsp3) is 0.200. The number of ether oxygens (including phenoxy) is 1. The first-order chi connectivity index (χ1) is 9.41. The Kier molecular flexibility index (Phi) is 3.61. The number of aryl methyl sites for hydroxylation is 2. The van der Waals surface area contributed by atoms with Crippen molar-refractivity contribution in [2.45, 2.75) is 20.8 Å². The summed E-state index contributed by atoms with van der Waals surface area (Å²) < 4.78 is 5.74. The minimum atomic E-state index is -1.10. The Hall–Kier alpha value is -2.56. The number of nitrogen functional groups attached to an aromatic ring is 1. The fourth-order valence-corrected chi connectivity index (χ4v) is 1.90. The molecule has 1 aromatic carbocycles. The number of carboxylic acid groups (broad SMARTS) is 1. The molecule has 0 bridgehead atoms. The lowest BCUT2D eigenvalue weighted by Gasteiger charge is -2.14. The van der Waals surface area contributed by atoms with Gasteiger partial charge in [0.15, 0.2) is 0 Å². The van der Waals surface area contributed by atoms with E-state index in [2.05, 4.69) is 4.98 Å². The standard InChI is InChI=1S/C15H16N2O3/c1-8-4-5-9(2)13(10(8)3)20-14-12(16)11(15(18)19)6-7-17-14/h4-7H,16H2,1-3H3,(H,18,19). The van der Waals surface area contributed by atoms with Crippen molar-refractivity contribution >= 4 is 11.7 Å². The predicted molar refractivity (Wildman–Crippen MR) is 76.3 cm³/mol.